The number of ketones is 2. The molecule has 2 N–H and O–H groups in total. The van der Waals surface area contributed by atoms with Gasteiger partial charge in [-0.15, -0.1) is 0 Å². The van der Waals surface area contributed by atoms with Crippen LogP contribution in [0.3, 0.4) is 0 Å². The molecule has 0 saturated heterocycles. The smallest absolute Gasteiger partial charge is 0.163 e. The second-order valence-electron chi connectivity index (χ2n) is 8.00. The van der Waals surface area contributed by atoms with Crippen LogP contribution < -0.4 is 0 Å². The standard InChI is InChI=1S/C26H30O4/c1-13-9-21(25(17(5)27)18(6)28)10-14(2)23(13)24-15(3)11-22(12-16(24)4)26(19(7)29)20(8)30/h9-12,27,29H,1-8H3/b25-17+,26-19+. The van der Waals surface area contributed by atoms with Crippen LogP contribution >= 0.6 is 0 Å². The average molecular weight is 407 g/mol. The minimum Gasteiger partial charge on any atom is -0.512 e. The van der Waals surface area contributed by atoms with Gasteiger partial charge < -0.3 is 10.2 Å². The zero-order chi connectivity index (χ0) is 22.9. The van der Waals surface area contributed by atoms with Crippen molar-refractivity contribution in [3.63, 3.8) is 0 Å². The molecule has 0 aromatic heterocycles. The molecule has 30 heavy (non-hydrogen) atoms. The van der Waals surface area contributed by atoms with Crippen LogP contribution in [0.1, 0.15) is 61.1 Å². The third-order valence-corrected chi connectivity index (χ3v) is 5.32. The number of carbonyl (C=O) groups excluding carboxylic acids is 2. The molecule has 0 amide bonds. The SMILES string of the molecule is CC(=O)/C(=C(/C)O)c1cc(C)c(-c2c(C)cc(/C(C(C)=O)=C(\C)O)cc2C)c(C)c1. The van der Waals surface area contributed by atoms with Crippen LogP contribution in [0.15, 0.2) is 35.8 Å². The van der Waals surface area contributed by atoms with Crippen molar-refractivity contribution >= 4 is 22.7 Å². The molecule has 0 unspecified atom stereocenters. The molecule has 4 nitrogen and oxygen atoms in total. The summed E-state index contributed by atoms with van der Waals surface area (Å²) in [6.45, 7) is 13.9. The Morgan fingerprint density at radius 2 is 0.800 bits per heavy atom. The van der Waals surface area contributed by atoms with Crippen molar-refractivity contribution < 1.29 is 19.8 Å². The molecule has 0 atom stereocenters. The van der Waals surface area contributed by atoms with E-state index in [-0.39, 0.29) is 23.1 Å². The summed E-state index contributed by atoms with van der Waals surface area (Å²) >= 11 is 0. The molecule has 0 heterocycles. The fourth-order valence-electron chi connectivity index (χ4n) is 4.34. The predicted molar refractivity (Wildman–Crippen MR) is 123 cm³/mol. The first-order chi connectivity index (χ1) is 13.9. The minimum absolute atomic E-state index is 0.00804. The second kappa shape index (κ2) is 8.70. The van der Waals surface area contributed by atoms with E-state index in [0.29, 0.717) is 22.3 Å². The van der Waals surface area contributed by atoms with Gasteiger partial charge >= 0.3 is 0 Å². The van der Waals surface area contributed by atoms with Crippen LogP contribution in [-0.4, -0.2) is 21.8 Å². The summed E-state index contributed by atoms with van der Waals surface area (Å²) in [4.78, 5) is 24.0. The summed E-state index contributed by atoms with van der Waals surface area (Å²) in [5, 5.41) is 19.9. The lowest BCUT2D eigenvalue weighted by molar-refractivity contribution is -0.112. The molecule has 2 aromatic rings. The largest absolute Gasteiger partial charge is 0.512 e. The summed E-state index contributed by atoms with van der Waals surface area (Å²) < 4.78 is 0. The van der Waals surface area contributed by atoms with Crippen molar-refractivity contribution in [2.45, 2.75) is 55.4 Å². The number of hydrogen-bond donors (Lipinski definition) is 2. The van der Waals surface area contributed by atoms with Gasteiger partial charge in [0.05, 0.1) is 11.1 Å². The molecule has 0 spiro atoms. The van der Waals surface area contributed by atoms with E-state index < -0.39 is 0 Å². The molecule has 2 aromatic carbocycles. The Morgan fingerprint density at radius 1 is 0.567 bits per heavy atom. The van der Waals surface area contributed by atoms with Crippen molar-refractivity contribution in [2.75, 3.05) is 0 Å². The third-order valence-electron chi connectivity index (χ3n) is 5.32. The Labute approximate surface area is 178 Å². The zero-order valence-electron chi connectivity index (χ0n) is 19.0. The number of hydrogen-bond acceptors (Lipinski definition) is 4. The lowest BCUT2D eigenvalue weighted by Gasteiger charge is -2.19. The molecule has 158 valence electrons. The van der Waals surface area contributed by atoms with E-state index in [2.05, 4.69) is 0 Å². The van der Waals surface area contributed by atoms with Gasteiger partial charge in [-0.25, -0.2) is 0 Å². The van der Waals surface area contributed by atoms with Crippen molar-refractivity contribution in [3.8, 4) is 11.1 Å². The lowest BCUT2D eigenvalue weighted by atomic mass is 9.85. The number of rotatable bonds is 5. The van der Waals surface area contributed by atoms with E-state index in [1.54, 1.807) is 0 Å². The normalized spacial score (nSPS) is 12.9. The van der Waals surface area contributed by atoms with E-state index >= 15 is 0 Å². The number of Topliss-reactive ketones (excluding diaryl/α,β-unsaturated/α-hetero) is 2. The fourth-order valence-corrected chi connectivity index (χ4v) is 4.34. The van der Waals surface area contributed by atoms with Gasteiger partial charge in [-0.3, -0.25) is 9.59 Å². The van der Waals surface area contributed by atoms with Crippen LogP contribution in [0.25, 0.3) is 22.3 Å². The predicted octanol–water partition coefficient (Wildman–Crippen LogP) is 6.34. The molecule has 0 bridgehead atoms. The van der Waals surface area contributed by atoms with Crippen LogP contribution in [0.5, 0.6) is 0 Å². The molecule has 4 heteroatoms. The van der Waals surface area contributed by atoms with Crippen LogP contribution in [0, 0.1) is 27.7 Å². The highest BCUT2D eigenvalue weighted by Crippen LogP contribution is 2.37. The molecular formula is C26H30O4. The number of aliphatic hydroxyl groups is 2. The molecular weight excluding hydrogens is 376 g/mol. The first-order valence-corrected chi connectivity index (χ1v) is 9.91. The zero-order valence-corrected chi connectivity index (χ0v) is 19.0. The number of aryl methyl sites for hydroxylation is 4. The number of carbonyl (C=O) groups is 2. The third kappa shape index (κ3) is 4.38. The van der Waals surface area contributed by atoms with Crippen LogP contribution in [0.4, 0.5) is 0 Å². The average Bonchev–Trinajstić information content (AvgIpc) is 2.55. The Balaban J connectivity index is 2.75. The van der Waals surface area contributed by atoms with E-state index in [9.17, 15) is 19.8 Å². The Kier molecular flexibility index (Phi) is 6.71. The van der Waals surface area contributed by atoms with E-state index in [1.165, 1.54) is 27.7 Å². The highest BCUT2D eigenvalue weighted by atomic mass is 16.3. The first kappa shape index (κ1) is 23.1. The van der Waals surface area contributed by atoms with Crippen molar-refractivity contribution in [1.82, 2.24) is 0 Å². The van der Waals surface area contributed by atoms with Gasteiger partial charge in [-0.1, -0.05) is 24.3 Å². The summed E-state index contributed by atoms with van der Waals surface area (Å²) in [5.41, 5.74) is 8.14. The summed E-state index contributed by atoms with van der Waals surface area (Å²) in [6.07, 6.45) is 0. The molecule has 0 aliphatic heterocycles. The fraction of sp³-hybridized carbons (Fsp3) is 0.308. The number of benzene rings is 2. The first-order valence-electron chi connectivity index (χ1n) is 9.91. The van der Waals surface area contributed by atoms with E-state index in [0.717, 1.165) is 33.4 Å². The number of aliphatic hydroxyl groups excluding tert-OH is 2. The number of allylic oxidation sites excluding steroid dienone is 4. The van der Waals surface area contributed by atoms with Gasteiger partial charge in [0, 0.05) is 0 Å². The highest BCUT2D eigenvalue weighted by molar-refractivity contribution is 6.21. The van der Waals surface area contributed by atoms with Gasteiger partial charge in [0.2, 0.25) is 0 Å². The van der Waals surface area contributed by atoms with Gasteiger partial charge in [0.15, 0.2) is 11.6 Å². The maximum absolute atomic E-state index is 12.0. The molecule has 0 saturated carbocycles. The molecule has 0 fully saturated rings. The van der Waals surface area contributed by atoms with Gasteiger partial charge in [0.25, 0.3) is 0 Å². The van der Waals surface area contributed by atoms with Gasteiger partial charge in [-0.05, 0) is 99.9 Å². The molecule has 2 rings (SSSR count). The van der Waals surface area contributed by atoms with Crippen molar-refractivity contribution in [2.24, 2.45) is 0 Å². The summed E-state index contributed by atoms with van der Waals surface area (Å²) in [6, 6.07) is 7.68. The van der Waals surface area contributed by atoms with Gasteiger partial charge in [0.1, 0.15) is 11.5 Å². The Morgan fingerprint density at radius 3 is 0.967 bits per heavy atom. The topological polar surface area (TPSA) is 74.6 Å². The van der Waals surface area contributed by atoms with E-state index in [1.807, 2.05) is 52.0 Å². The Bertz CT molecular complexity index is 970. The molecule has 0 aliphatic rings. The maximum atomic E-state index is 12.0. The van der Waals surface area contributed by atoms with Crippen LogP contribution in [-0.2, 0) is 9.59 Å². The van der Waals surface area contributed by atoms with Crippen molar-refractivity contribution in [1.29, 1.82) is 0 Å². The monoisotopic (exact) mass is 406 g/mol. The van der Waals surface area contributed by atoms with E-state index in [4.69, 9.17) is 0 Å². The van der Waals surface area contributed by atoms with Crippen LogP contribution in [0.2, 0.25) is 0 Å². The Hall–Kier alpha value is -3.14. The summed E-state index contributed by atoms with van der Waals surface area (Å²) in [5.74, 6) is -0.343. The lowest BCUT2D eigenvalue weighted by Crippen LogP contribution is -2.04. The maximum Gasteiger partial charge on any atom is 0.163 e. The second-order valence-corrected chi connectivity index (χ2v) is 8.00. The quantitative estimate of drug-likeness (QED) is 0.448. The minimum atomic E-state index is -0.179. The molecule has 0 aliphatic carbocycles. The highest BCUT2D eigenvalue weighted by Gasteiger charge is 2.19. The van der Waals surface area contributed by atoms with Crippen molar-refractivity contribution in [3.05, 3.63) is 69.2 Å². The molecule has 0 radical (unpaired) electrons. The van der Waals surface area contributed by atoms with Gasteiger partial charge in [-0.2, -0.15) is 0 Å². The summed E-state index contributed by atoms with van der Waals surface area (Å²) in [7, 11) is 0.